The highest BCUT2D eigenvalue weighted by molar-refractivity contribution is 7.15. The lowest BCUT2D eigenvalue weighted by Crippen LogP contribution is -2.36. The predicted molar refractivity (Wildman–Crippen MR) is 127 cm³/mol. The van der Waals surface area contributed by atoms with Crippen molar-refractivity contribution in [1.29, 1.82) is 0 Å². The summed E-state index contributed by atoms with van der Waals surface area (Å²) in [6.07, 6.45) is 4.40. The second kappa shape index (κ2) is 10.3. The molecular formula is C22H27N6O3S2+. The number of ether oxygens (including phenoxy) is 1. The van der Waals surface area contributed by atoms with Crippen LogP contribution in [-0.2, 0) is 23.1 Å². The molecule has 0 bridgehead atoms. The summed E-state index contributed by atoms with van der Waals surface area (Å²) >= 11 is 2.98. The zero-order valence-corrected chi connectivity index (χ0v) is 20.5. The maximum atomic E-state index is 12.5. The van der Waals surface area contributed by atoms with Crippen LogP contribution in [0, 0.1) is 0 Å². The third kappa shape index (κ3) is 5.91. The molecule has 2 N–H and O–H groups in total. The zero-order chi connectivity index (χ0) is 23.4. The Hall–Kier alpha value is -2.92. The van der Waals surface area contributed by atoms with Crippen molar-refractivity contribution in [3.05, 3.63) is 39.8 Å². The zero-order valence-electron chi connectivity index (χ0n) is 18.8. The molecule has 4 rings (SSSR count). The number of hydrogen-bond acceptors (Lipinski definition) is 8. The second-order valence-corrected chi connectivity index (χ2v) is 10.2. The molecule has 2 unspecified atom stereocenters. The molecule has 1 saturated carbocycles. The molecule has 2 aromatic heterocycles. The number of methoxy groups -OCH3 is 1. The average molecular weight is 488 g/mol. The first-order valence-electron chi connectivity index (χ1n) is 10.8. The molecule has 33 heavy (non-hydrogen) atoms. The number of anilines is 2. The molecule has 0 spiro atoms. The van der Waals surface area contributed by atoms with Gasteiger partial charge in [-0.05, 0) is 48.3 Å². The Morgan fingerprint density at radius 3 is 2.76 bits per heavy atom. The molecule has 174 valence electrons. The Morgan fingerprint density at radius 1 is 1.15 bits per heavy atom. The van der Waals surface area contributed by atoms with E-state index >= 15 is 0 Å². The van der Waals surface area contributed by atoms with Gasteiger partial charge in [0.25, 0.3) is 10.1 Å². The highest BCUT2D eigenvalue weighted by atomic mass is 32.1. The van der Waals surface area contributed by atoms with Gasteiger partial charge in [0, 0.05) is 17.9 Å². The molecule has 1 fully saturated rings. The van der Waals surface area contributed by atoms with Crippen LogP contribution >= 0.6 is 22.7 Å². The Labute approximate surface area is 200 Å². The summed E-state index contributed by atoms with van der Waals surface area (Å²) in [5, 5.41) is 21.9. The SMILES string of the molecule is COc1cccc(CC(=O)Nc2nnc(C3CCCC(c4sc(NC(C)=O)n[n+]4C)C3)s2)c1. The molecule has 0 aliphatic heterocycles. The van der Waals surface area contributed by atoms with E-state index in [1.165, 1.54) is 29.6 Å². The fraction of sp³-hybridized carbons (Fsp3) is 0.455. The molecule has 9 nitrogen and oxygen atoms in total. The van der Waals surface area contributed by atoms with Gasteiger partial charge in [-0.15, -0.1) is 10.2 Å². The minimum Gasteiger partial charge on any atom is -0.497 e. The molecule has 2 amide bonds. The monoisotopic (exact) mass is 487 g/mol. The van der Waals surface area contributed by atoms with Crippen LogP contribution in [0.2, 0.25) is 0 Å². The van der Waals surface area contributed by atoms with Gasteiger partial charge in [-0.3, -0.25) is 14.9 Å². The van der Waals surface area contributed by atoms with E-state index in [4.69, 9.17) is 4.74 Å². The molecule has 0 saturated heterocycles. The van der Waals surface area contributed by atoms with Crippen LogP contribution in [0.5, 0.6) is 5.75 Å². The number of amides is 2. The summed E-state index contributed by atoms with van der Waals surface area (Å²) in [7, 11) is 3.52. The highest BCUT2D eigenvalue weighted by Gasteiger charge is 2.34. The number of hydrogen-bond donors (Lipinski definition) is 2. The summed E-state index contributed by atoms with van der Waals surface area (Å²) in [6, 6.07) is 7.46. The molecule has 3 aromatic rings. The topological polar surface area (TPSA) is 110 Å². The summed E-state index contributed by atoms with van der Waals surface area (Å²) < 4.78 is 7.08. The maximum Gasteiger partial charge on any atom is 0.269 e. The Morgan fingerprint density at radius 2 is 1.97 bits per heavy atom. The van der Waals surface area contributed by atoms with Crippen LogP contribution in [0.4, 0.5) is 10.3 Å². The van der Waals surface area contributed by atoms with E-state index in [-0.39, 0.29) is 24.2 Å². The van der Waals surface area contributed by atoms with Gasteiger partial charge in [-0.25, -0.2) is 0 Å². The minimum absolute atomic E-state index is 0.118. The number of nitrogens with one attached hydrogen (secondary N) is 2. The van der Waals surface area contributed by atoms with Crippen molar-refractivity contribution in [3.63, 3.8) is 0 Å². The maximum absolute atomic E-state index is 12.5. The van der Waals surface area contributed by atoms with Crippen LogP contribution in [0.1, 0.15) is 60.0 Å². The van der Waals surface area contributed by atoms with E-state index < -0.39 is 0 Å². The molecule has 1 aromatic carbocycles. The number of carbonyl (C=O) groups excluding carboxylic acids is 2. The van der Waals surface area contributed by atoms with Crippen molar-refractivity contribution < 1.29 is 19.0 Å². The Balaban J connectivity index is 1.38. The van der Waals surface area contributed by atoms with Crippen molar-refractivity contribution in [3.8, 4) is 5.75 Å². The third-order valence-corrected chi connectivity index (χ3v) is 7.79. The molecular weight excluding hydrogens is 460 g/mol. The largest absolute Gasteiger partial charge is 0.497 e. The summed E-state index contributed by atoms with van der Waals surface area (Å²) in [6.45, 7) is 1.49. The van der Waals surface area contributed by atoms with Crippen molar-refractivity contribution in [2.24, 2.45) is 7.05 Å². The van der Waals surface area contributed by atoms with E-state index in [1.54, 1.807) is 7.11 Å². The molecule has 11 heteroatoms. The standard InChI is InChI=1S/C22H26N6O3S2/c1-13(29)23-22-27-28(2)20(33-22)16-8-5-7-15(12-16)19-25-26-21(32-19)24-18(30)11-14-6-4-9-17(10-14)31-3/h4,6,9-10,15-16H,5,7-8,11-12H2,1-3H3,(H-,23,24,26,27,29,30)/p+1. The first kappa shape index (κ1) is 23.2. The molecule has 1 aliphatic carbocycles. The molecule has 0 radical (unpaired) electrons. The van der Waals surface area contributed by atoms with Crippen LogP contribution in [0.3, 0.4) is 0 Å². The number of aromatic nitrogens is 4. The van der Waals surface area contributed by atoms with Crippen LogP contribution < -0.4 is 20.1 Å². The van der Waals surface area contributed by atoms with E-state index in [1.807, 2.05) is 36.0 Å². The molecule has 2 heterocycles. The number of aryl methyl sites for hydroxylation is 1. The first-order valence-corrected chi connectivity index (χ1v) is 12.5. The second-order valence-electron chi connectivity index (χ2n) is 8.13. The van der Waals surface area contributed by atoms with Gasteiger partial charge in [-0.2, -0.15) is 0 Å². The van der Waals surface area contributed by atoms with E-state index in [0.29, 0.717) is 16.2 Å². The summed E-state index contributed by atoms with van der Waals surface area (Å²) in [5.41, 5.74) is 0.878. The molecule has 1 aliphatic rings. The normalized spacial score (nSPS) is 18.0. The van der Waals surface area contributed by atoms with Crippen molar-refractivity contribution >= 4 is 44.8 Å². The Bertz CT molecular complexity index is 1140. The van der Waals surface area contributed by atoms with Crippen LogP contribution in [0.15, 0.2) is 24.3 Å². The van der Waals surface area contributed by atoms with Gasteiger partial charge in [0.1, 0.15) is 10.8 Å². The van der Waals surface area contributed by atoms with Gasteiger partial charge < -0.3 is 10.1 Å². The van der Waals surface area contributed by atoms with Crippen molar-refractivity contribution in [2.45, 2.75) is 50.9 Å². The van der Waals surface area contributed by atoms with Gasteiger partial charge in [0.2, 0.25) is 16.9 Å². The third-order valence-electron chi connectivity index (χ3n) is 5.60. The van der Waals surface area contributed by atoms with Crippen LogP contribution in [0.25, 0.3) is 0 Å². The predicted octanol–water partition coefficient (Wildman–Crippen LogP) is 3.41. The van der Waals surface area contributed by atoms with Crippen molar-refractivity contribution in [2.75, 3.05) is 17.7 Å². The smallest absolute Gasteiger partial charge is 0.269 e. The highest BCUT2D eigenvalue weighted by Crippen LogP contribution is 2.43. The van der Waals surface area contributed by atoms with Crippen LogP contribution in [-0.4, -0.2) is 34.2 Å². The fourth-order valence-corrected chi connectivity index (χ4v) is 6.16. The van der Waals surface area contributed by atoms with Gasteiger partial charge in [0.05, 0.1) is 19.4 Å². The quantitative estimate of drug-likeness (QED) is 0.494. The first-order chi connectivity index (χ1) is 15.9. The van der Waals surface area contributed by atoms with Crippen molar-refractivity contribution in [1.82, 2.24) is 15.3 Å². The summed E-state index contributed by atoms with van der Waals surface area (Å²) in [5.74, 6) is 1.12. The number of carbonyl (C=O) groups is 2. The fourth-order valence-electron chi connectivity index (χ4n) is 4.14. The average Bonchev–Trinajstić information content (AvgIpc) is 3.39. The van der Waals surface area contributed by atoms with Gasteiger partial charge in [0.15, 0.2) is 7.05 Å². The number of nitrogens with zero attached hydrogens (tertiary/aromatic N) is 4. The van der Waals surface area contributed by atoms with E-state index in [2.05, 4.69) is 25.9 Å². The minimum atomic E-state index is -0.130. The lowest BCUT2D eigenvalue weighted by molar-refractivity contribution is -0.732. The Kier molecular flexibility index (Phi) is 7.29. The van der Waals surface area contributed by atoms with E-state index in [9.17, 15) is 9.59 Å². The lowest BCUT2D eigenvalue weighted by atomic mass is 9.82. The summed E-state index contributed by atoms with van der Waals surface area (Å²) in [4.78, 5) is 23.8. The number of rotatable bonds is 7. The van der Waals surface area contributed by atoms with E-state index in [0.717, 1.165) is 47.0 Å². The molecule has 2 atom stereocenters. The lowest BCUT2D eigenvalue weighted by Gasteiger charge is -2.24. The number of benzene rings is 1. The van der Waals surface area contributed by atoms with Gasteiger partial charge >= 0.3 is 0 Å². The van der Waals surface area contributed by atoms with Gasteiger partial charge in [-0.1, -0.05) is 34.6 Å².